The van der Waals surface area contributed by atoms with Crippen molar-refractivity contribution in [3.05, 3.63) is 65.7 Å². The van der Waals surface area contributed by atoms with E-state index in [1.165, 1.54) is 5.56 Å². The van der Waals surface area contributed by atoms with E-state index in [-0.39, 0.29) is 0 Å². The molecule has 2 nitrogen and oxygen atoms in total. The molecule has 0 saturated carbocycles. The number of nitrogens with zero attached hydrogens (tertiary/aromatic N) is 2. The molecule has 3 aromatic rings. The highest BCUT2D eigenvalue weighted by molar-refractivity contribution is 6.18. The van der Waals surface area contributed by atoms with Gasteiger partial charge in [0, 0.05) is 24.0 Å². The number of hydrogen-bond acceptors (Lipinski definition) is 2. The van der Waals surface area contributed by atoms with Crippen molar-refractivity contribution >= 4 is 34.0 Å². The first-order valence-corrected chi connectivity index (χ1v) is 7.48. The highest BCUT2D eigenvalue weighted by Gasteiger charge is 2.11. The van der Waals surface area contributed by atoms with Crippen LogP contribution in [0.15, 0.2) is 54.6 Å². The predicted octanol–water partition coefficient (Wildman–Crippen LogP) is 5.05. The molecule has 0 spiro atoms. The molecular formula is C18H17ClN2. The van der Waals surface area contributed by atoms with Crippen molar-refractivity contribution < 1.29 is 0 Å². The number of para-hydroxylation sites is 2. The van der Waals surface area contributed by atoms with Gasteiger partial charge in [0.2, 0.25) is 0 Å². The third-order valence-electron chi connectivity index (χ3n) is 3.75. The molecule has 3 rings (SSSR count). The number of halogens is 1. The van der Waals surface area contributed by atoms with Crippen molar-refractivity contribution in [2.24, 2.45) is 0 Å². The van der Waals surface area contributed by atoms with Crippen molar-refractivity contribution in [3.8, 4) is 0 Å². The van der Waals surface area contributed by atoms with E-state index >= 15 is 0 Å². The van der Waals surface area contributed by atoms with Crippen LogP contribution >= 0.6 is 11.6 Å². The second-order valence-electron chi connectivity index (χ2n) is 5.14. The van der Waals surface area contributed by atoms with Crippen LogP contribution in [-0.4, -0.2) is 12.0 Å². The molecule has 0 fully saturated rings. The molecule has 2 aromatic carbocycles. The summed E-state index contributed by atoms with van der Waals surface area (Å²) in [4.78, 5) is 6.88. The summed E-state index contributed by atoms with van der Waals surface area (Å²) in [7, 11) is 2.04. The second kappa shape index (κ2) is 5.74. The fourth-order valence-corrected chi connectivity index (χ4v) is 2.80. The summed E-state index contributed by atoms with van der Waals surface area (Å²) in [5.74, 6) is 1.40. The van der Waals surface area contributed by atoms with E-state index in [0.717, 1.165) is 28.0 Å². The molecule has 1 aromatic heterocycles. The molecule has 0 aliphatic heterocycles. The lowest BCUT2D eigenvalue weighted by Crippen LogP contribution is -2.13. The molecular weight excluding hydrogens is 280 g/mol. The minimum atomic E-state index is 0.484. The Bertz CT molecular complexity index is 783. The largest absolute Gasteiger partial charge is 0.329 e. The van der Waals surface area contributed by atoms with Gasteiger partial charge in [-0.25, -0.2) is 4.98 Å². The molecule has 21 heavy (non-hydrogen) atoms. The van der Waals surface area contributed by atoms with Gasteiger partial charge in [-0.2, -0.15) is 0 Å². The van der Waals surface area contributed by atoms with Crippen molar-refractivity contribution in [3.63, 3.8) is 0 Å². The van der Waals surface area contributed by atoms with Gasteiger partial charge < -0.3 is 4.90 Å². The van der Waals surface area contributed by atoms with Gasteiger partial charge in [0.25, 0.3) is 0 Å². The number of anilines is 2. The molecule has 0 amide bonds. The van der Waals surface area contributed by atoms with Crippen LogP contribution in [0.3, 0.4) is 0 Å². The van der Waals surface area contributed by atoms with E-state index in [1.807, 2.05) is 37.4 Å². The zero-order valence-corrected chi connectivity index (χ0v) is 12.9. The molecule has 1 heterocycles. The monoisotopic (exact) mass is 296 g/mol. The predicted molar refractivity (Wildman–Crippen MR) is 90.5 cm³/mol. The lowest BCUT2D eigenvalue weighted by molar-refractivity contribution is 1.12. The fourth-order valence-electron chi connectivity index (χ4n) is 2.58. The van der Waals surface area contributed by atoms with Crippen molar-refractivity contribution in [2.75, 3.05) is 11.9 Å². The van der Waals surface area contributed by atoms with E-state index < -0.39 is 0 Å². The van der Waals surface area contributed by atoms with E-state index in [0.29, 0.717) is 5.88 Å². The smallest absolute Gasteiger partial charge is 0.133 e. The molecule has 0 aliphatic rings. The summed E-state index contributed by atoms with van der Waals surface area (Å²) < 4.78 is 0. The van der Waals surface area contributed by atoms with Crippen LogP contribution in [0.1, 0.15) is 11.1 Å². The zero-order chi connectivity index (χ0) is 14.8. The average molecular weight is 297 g/mol. The minimum absolute atomic E-state index is 0.484. The summed E-state index contributed by atoms with van der Waals surface area (Å²) in [6.45, 7) is 2.11. The van der Waals surface area contributed by atoms with Crippen LogP contribution in [0, 0.1) is 6.92 Å². The highest BCUT2D eigenvalue weighted by Crippen LogP contribution is 2.29. The summed E-state index contributed by atoms with van der Waals surface area (Å²) in [6.07, 6.45) is 0. The topological polar surface area (TPSA) is 16.1 Å². The first kappa shape index (κ1) is 13.9. The maximum Gasteiger partial charge on any atom is 0.133 e. The first-order chi connectivity index (χ1) is 10.2. The van der Waals surface area contributed by atoms with Gasteiger partial charge in [-0.1, -0.05) is 36.4 Å². The Balaban J connectivity index is 2.14. The Hall–Kier alpha value is -2.06. The normalized spacial score (nSPS) is 10.8. The summed E-state index contributed by atoms with van der Waals surface area (Å²) in [6, 6.07) is 18.5. The number of hydrogen-bond donors (Lipinski definition) is 0. The van der Waals surface area contributed by atoms with E-state index in [9.17, 15) is 0 Å². The van der Waals surface area contributed by atoms with E-state index in [4.69, 9.17) is 16.6 Å². The van der Waals surface area contributed by atoms with Gasteiger partial charge >= 0.3 is 0 Å². The molecule has 0 radical (unpaired) electrons. The maximum atomic E-state index is 6.11. The Morgan fingerprint density at radius 2 is 1.76 bits per heavy atom. The van der Waals surface area contributed by atoms with E-state index in [1.54, 1.807) is 0 Å². The Labute approximate surface area is 130 Å². The number of fused-ring (bicyclic) bond motifs is 1. The number of pyridine rings is 1. The van der Waals surface area contributed by atoms with Crippen LogP contribution in [-0.2, 0) is 5.88 Å². The minimum Gasteiger partial charge on any atom is -0.329 e. The first-order valence-electron chi connectivity index (χ1n) is 6.94. The van der Waals surface area contributed by atoms with Crippen molar-refractivity contribution in [1.82, 2.24) is 4.98 Å². The fraction of sp³-hybridized carbons (Fsp3) is 0.167. The van der Waals surface area contributed by atoms with Crippen LogP contribution in [0.2, 0.25) is 0 Å². The average Bonchev–Trinajstić information content (AvgIpc) is 2.53. The Morgan fingerprint density at radius 1 is 1.05 bits per heavy atom. The molecule has 0 unspecified atom stereocenters. The van der Waals surface area contributed by atoms with Crippen molar-refractivity contribution in [2.45, 2.75) is 12.8 Å². The third-order valence-corrected chi connectivity index (χ3v) is 4.04. The van der Waals surface area contributed by atoms with Crippen LogP contribution in [0.4, 0.5) is 11.5 Å². The summed E-state index contributed by atoms with van der Waals surface area (Å²) in [5, 5.41) is 1.12. The molecule has 0 saturated heterocycles. The lowest BCUT2D eigenvalue weighted by atomic mass is 10.1. The van der Waals surface area contributed by atoms with Gasteiger partial charge in [-0.15, -0.1) is 11.6 Å². The van der Waals surface area contributed by atoms with Crippen LogP contribution in [0.5, 0.6) is 0 Å². The summed E-state index contributed by atoms with van der Waals surface area (Å²) in [5.41, 5.74) is 4.46. The number of alkyl halides is 1. The van der Waals surface area contributed by atoms with Gasteiger partial charge in [0.05, 0.1) is 5.52 Å². The van der Waals surface area contributed by atoms with Crippen LogP contribution < -0.4 is 4.90 Å². The van der Waals surface area contributed by atoms with Gasteiger partial charge in [-0.3, -0.25) is 0 Å². The summed E-state index contributed by atoms with van der Waals surface area (Å²) >= 11 is 6.11. The molecule has 0 atom stereocenters. The van der Waals surface area contributed by atoms with Crippen LogP contribution in [0.25, 0.3) is 10.9 Å². The second-order valence-corrected chi connectivity index (χ2v) is 5.40. The molecule has 3 heteroatoms. The van der Waals surface area contributed by atoms with E-state index in [2.05, 4.69) is 36.1 Å². The molecule has 0 N–H and O–H groups in total. The SMILES string of the molecule is Cc1ccccc1N(C)c1cc(CCl)c2ccccc2n1. The highest BCUT2D eigenvalue weighted by atomic mass is 35.5. The Kier molecular flexibility index (Phi) is 3.80. The number of aromatic nitrogens is 1. The molecule has 0 bridgehead atoms. The molecule has 106 valence electrons. The third kappa shape index (κ3) is 2.59. The molecule has 0 aliphatic carbocycles. The zero-order valence-electron chi connectivity index (χ0n) is 12.2. The quantitative estimate of drug-likeness (QED) is 0.629. The van der Waals surface area contributed by atoms with Gasteiger partial charge in [-0.05, 0) is 36.2 Å². The number of benzene rings is 2. The Morgan fingerprint density at radius 3 is 2.52 bits per heavy atom. The number of rotatable bonds is 3. The number of aryl methyl sites for hydroxylation is 1. The van der Waals surface area contributed by atoms with Crippen molar-refractivity contribution in [1.29, 1.82) is 0 Å². The standard InChI is InChI=1S/C18H17ClN2/c1-13-7-3-6-10-17(13)21(2)18-11-14(12-19)15-8-4-5-9-16(15)20-18/h3-11H,12H2,1-2H3. The van der Waals surface area contributed by atoms with Gasteiger partial charge in [0.15, 0.2) is 0 Å². The lowest BCUT2D eigenvalue weighted by Gasteiger charge is -2.21. The van der Waals surface area contributed by atoms with Gasteiger partial charge in [0.1, 0.15) is 5.82 Å². The maximum absolute atomic E-state index is 6.11.